The number of hydrogen-bond acceptors (Lipinski definition) is 15. The van der Waals surface area contributed by atoms with Crippen LogP contribution in [0.15, 0.2) is 71.2 Å². The Morgan fingerprint density at radius 2 is 1.19 bits per heavy atom. The number of nitrogens with zero attached hydrogens (tertiary/aromatic N) is 9. The normalized spacial score (nSPS) is 16.2. The number of ether oxygens (including phenoxy) is 2. The van der Waals surface area contributed by atoms with E-state index >= 15 is 0 Å². The topological polar surface area (TPSA) is 217 Å². The third kappa shape index (κ3) is 15.3. The summed E-state index contributed by atoms with van der Waals surface area (Å²) in [5.74, 6) is 2.02. The average molecular weight is 1070 g/mol. The first kappa shape index (κ1) is 56.8. The highest BCUT2D eigenvalue weighted by atomic mass is 35.7. The van der Waals surface area contributed by atoms with Crippen molar-refractivity contribution in [1.82, 2.24) is 59.8 Å². The maximum absolute atomic E-state index is 14.6. The van der Waals surface area contributed by atoms with Crippen molar-refractivity contribution in [2.45, 2.75) is 75.5 Å². The molecule has 23 heteroatoms. The van der Waals surface area contributed by atoms with Gasteiger partial charge in [0.1, 0.15) is 23.3 Å². The van der Waals surface area contributed by atoms with Crippen molar-refractivity contribution in [2.24, 2.45) is 11.8 Å². The van der Waals surface area contributed by atoms with Crippen molar-refractivity contribution < 1.29 is 35.1 Å². The molecule has 2 saturated heterocycles. The van der Waals surface area contributed by atoms with Crippen LogP contribution in [0.1, 0.15) is 86.3 Å². The van der Waals surface area contributed by atoms with Crippen molar-refractivity contribution in [2.75, 3.05) is 81.7 Å². The monoisotopic (exact) mass is 1070 g/mol. The standard InChI is InChI=1S/C25H33FN6O3S.C18H18ClFN4O3S.C7H16N2/c1-16(2)20-11-19(26)12-21(18-6-8-27-24(10-18)35-5)22(20)13-23-28-25(30-29-23)36(33,34)32-9-7-17(15-32)14-31(3)4;1-10(2)13-7-12(20)8-14(11-4-5-21-17(6-11)27-3)15(13)9-16-22-18(24-23-16)28(19,25)26;1-9(2)6-7-3-4-8-5-7/h6,8,10-12,16-17H,7,9,13-15H2,1-5H3,(H,28,29,30);4-8,10H,9H2,1-3H3,(H,22,23,24);7-8H,3-6H2,1-2H3. The summed E-state index contributed by atoms with van der Waals surface area (Å²) in [5, 5.41) is 15.7. The lowest BCUT2D eigenvalue weighted by Crippen LogP contribution is -2.31. The molecule has 396 valence electrons. The van der Waals surface area contributed by atoms with Gasteiger partial charge in [-0.25, -0.2) is 45.6 Å². The van der Waals surface area contributed by atoms with Gasteiger partial charge in [-0.15, -0.1) is 10.2 Å². The van der Waals surface area contributed by atoms with Gasteiger partial charge in [0.05, 0.1) is 14.2 Å². The molecule has 0 spiro atoms. The van der Waals surface area contributed by atoms with Gasteiger partial charge >= 0.3 is 0 Å². The summed E-state index contributed by atoms with van der Waals surface area (Å²) in [5.41, 5.74) is 5.99. The molecular formula is C50H67ClF2N12O6S2. The van der Waals surface area contributed by atoms with Crippen LogP contribution in [0, 0.1) is 23.5 Å². The number of aromatic nitrogens is 8. The second kappa shape index (κ2) is 25.2. The second-order valence-electron chi connectivity index (χ2n) is 19.3. The molecule has 0 amide bonds. The third-order valence-corrected chi connectivity index (χ3v) is 15.1. The van der Waals surface area contributed by atoms with Crippen LogP contribution in [-0.2, 0) is 31.9 Å². The highest BCUT2D eigenvalue weighted by Crippen LogP contribution is 2.36. The zero-order valence-electron chi connectivity index (χ0n) is 43.1. The molecule has 4 aromatic heterocycles. The number of benzene rings is 2. The lowest BCUT2D eigenvalue weighted by atomic mass is 9.88. The Bertz CT molecular complexity index is 3020. The number of sulfonamides is 1. The molecule has 0 radical (unpaired) electrons. The van der Waals surface area contributed by atoms with E-state index in [1.165, 1.54) is 68.8 Å². The Morgan fingerprint density at radius 1 is 0.712 bits per heavy atom. The number of rotatable bonds is 17. The van der Waals surface area contributed by atoms with Crippen LogP contribution >= 0.6 is 10.7 Å². The van der Waals surface area contributed by atoms with E-state index in [0.717, 1.165) is 46.7 Å². The van der Waals surface area contributed by atoms with Gasteiger partial charge in [-0.05, 0) is 159 Å². The van der Waals surface area contributed by atoms with Gasteiger partial charge in [0.25, 0.3) is 29.4 Å². The molecule has 8 rings (SSSR count). The van der Waals surface area contributed by atoms with E-state index in [0.29, 0.717) is 53.2 Å². The number of pyridine rings is 2. The third-order valence-electron chi connectivity index (χ3n) is 12.4. The van der Waals surface area contributed by atoms with Gasteiger partial charge < -0.3 is 24.6 Å². The van der Waals surface area contributed by atoms with Crippen LogP contribution in [0.5, 0.6) is 11.8 Å². The summed E-state index contributed by atoms with van der Waals surface area (Å²) in [4.78, 5) is 20.9. The fraction of sp³-hybridized carbons (Fsp3) is 0.480. The molecule has 2 atom stereocenters. The minimum absolute atomic E-state index is 0.0207. The predicted molar refractivity (Wildman–Crippen MR) is 277 cm³/mol. The number of nitrogens with one attached hydrogen (secondary N) is 3. The number of H-pyrrole nitrogens is 2. The maximum atomic E-state index is 14.6. The van der Waals surface area contributed by atoms with Crippen molar-refractivity contribution in [1.29, 1.82) is 0 Å². The summed E-state index contributed by atoms with van der Waals surface area (Å²) in [6.07, 6.45) is 5.83. The summed E-state index contributed by atoms with van der Waals surface area (Å²) >= 11 is 0. The van der Waals surface area contributed by atoms with Gasteiger partial charge in [0.15, 0.2) is 0 Å². The SMILES string of the molecule is CN(C)CC1CCNC1.COc1cc(-c2cc(F)cc(C(C)C)c2Cc2nc(S(=O)(=O)Cl)n[nH]2)ccn1.COc1cc(-c2cc(F)cc(C(C)C)c2Cc2nc(S(=O)(=O)N3CCC(CN(C)C)C3)n[nH]2)ccn1. The Hall–Kier alpha value is -5.49. The van der Waals surface area contributed by atoms with Crippen LogP contribution in [0.25, 0.3) is 22.3 Å². The molecule has 2 aliphatic rings. The van der Waals surface area contributed by atoms with E-state index in [1.807, 2.05) is 41.8 Å². The lowest BCUT2D eigenvalue weighted by Gasteiger charge is -2.18. The largest absolute Gasteiger partial charge is 0.481 e. The van der Waals surface area contributed by atoms with Crippen molar-refractivity contribution >= 4 is 29.8 Å². The van der Waals surface area contributed by atoms with Gasteiger partial charge in [0.2, 0.25) is 11.8 Å². The zero-order valence-corrected chi connectivity index (χ0v) is 45.5. The van der Waals surface area contributed by atoms with E-state index in [2.05, 4.69) is 69.5 Å². The molecule has 2 aliphatic heterocycles. The minimum atomic E-state index is -4.04. The average Bonchev–Trinajstić information content (AvgIpc) is 4.20. The number of aromatic amines is 2. The molecule has 3 N–H and O–H groups in total. The molecule has 18 nitrogen and oxygen atoms in total. The van der Waals surface area contributed by atoms with E-state index in [4.69, 9.17) is 20.2 Å². The van der Waals surface area contributed by atoms with Crippen LogP contribution in [-0.4, -0.2) is 153 Å². The highest BCUT2D eigenvalue weighted by Gasteiger charge is 2.35. The molecule has 2 fully saturated rings. The number of methoxy groups -OCH3 is 2. The molecule has 73 heavy (non-hydrogen) atoms. The molecule has 0 aliphatic carbocycles. The molecule has 0 saturated carbocycles. The maximum Gasteiger partial charge on any atom is 0.298 e. The Balaban J connectivity index is 0.000000207. The second-order valence-corrected chi connectivity index (χ2v) is 23.6. The van der Waals surface area contributed by atoms with E-state index < -0.39 is 24.2 Å². The molecule has 0 bridgehead atoms. The molecular weight excluding hydrogens is 1000 g/mol. The van der Waals surface area contributed by atoms with Crippen molar-refractivity contribution in [3.8, 4) is 34.0 Å². The lowest BCUT2D eigenvalue weighted by molar-refractivity contribution is 0.329. The minimum Gasteiger partial charge on any atom is -0.481 e. The van der Waals surface area contributed by atoms with Crippen LogP contribution in [0.3, 0.4) is 0 Å². The predicted octanol–water partition coefficient (Wildman–Crippen LogP) is 7.11. The summed E-state index contributed by atoms with van der Waals surface area (Å²) in [7, 11) is 8.71. The number of hydrogen-bond donors (Lipinski definition) is 3. The van der Waals surface area contributed by atoms with E-state index in [1.54, 1.807) is 36.7 Å². The van der Waals surface area contributed by atoms with E-state index in [-0.39, 0.29) is 47.4 Å². The number of halogens is 3. The summed E-state index contributed by atoms with van der Waals surface area (Å²) in [6.45, 7) is 13.3. The first-order valence-electron chi connectivity index (χ1n) is 24.0. The van der Waals surface area contributed by atoms with Crippen molar-refractivity contribution in [3.63, 3.8) is 0 Å². The van der Waals surface area contributed by atoms with Crippen LogP contribution in [0.2, 0.25) is 0 Å². The molecule has 2 aromatic carbocycles. The molecule has 6 aromatic rings. The highest BCUT2D eigenvalue weighted by molar-refractivity contribution is 8.13. The van der Waals surface area contributed by atoms with Crippen molar-refractivity contribution in [3.05, 3.63) is 106 Å². The van der Waals surface area contributed by atoms with Crippen LogP contribution < -0.4 is 14.8 Å². The van der Waals surface area contributed by atoms with Gasteiger partial charge in [0, 0.05) is 74.2 Å². The fourth-order valence-electron chi connectivity index (χ4n) is 9.09. The smallest absolute Gasteiger partial charge is 0.298 e. The van der Waals surface area contributed by atoms with E-state index in [9.17, 15) is 25.6 Å². The Labute approximate surface area is 432 Å². The first-order valence-corrected chi connectivity index (χ1v) is 27.7. The molecule has 6 heterocycles. The zero-order chi connectivity index (χ0) is 53.2. The Morgan fingerprint density at radius 3 is 1.62 bits per heavy atom. The fourth-order valence-corrected chi connectivity index (χ4v) is 11.0. The summed E-state index contributed by atoms with van der Waals surface area (Å²) < 4.78 is 90.2. The van der Waals surface area contributed by atoms with Gasteiger partial charge in [-0.1, -0.05) is 27.7 Å². The quantitative estimate of drug-likeness (QED) is 0.0776. The van der Waals surface area contributed by atoms with Gasteiger partial charge in [-0.2, -0.15) is 4.31 Å². The Kier molecular flexibility index (Phi) is 19.6. The first-order chi connectivity index (χ1) is 34.6. The van der Waals surface area contributed by atoms with Gasteiger partial charge in [-0.3, -0.25) is 10.2 Å². The van der Waals surface area contributed by atoms with Crippen LogP contribution in [0.4, 0.5) is 8.78 Å². The summed E-state index contributed by atoms with van der Waals surface area (Å²) in [6, 6.07) is 12.9. The molecule has 2 unspecified atom stereocenters.